The van der Waals surface area contributed by atoms with Gasteiger partial charge in [0.25, 0.3) is 5.91 Å². The minimum absolute atomic E-state index is 0.0990. The van der Waals surface area contributed by atoms with Gasteiger partial charge in [-0.2, -0.15) is 0 Å². The molecule has 16 heavy (non-hydrogen) atoms. The summed E-state index contributed by atoms with van der Waals surface area (Å²) in [4.78, 5) is 11.8. The standard InChI is InChI=1S/C13H13NO2/c1-8-3-2-4-9-7-11(16-12(8)9)13(15)14-10-5-6-10/h2-4,7,10H,5-6H2,1H3,(H,14,15). The molecule has 1 N–H and O–H groups in total. The molecular formula is C13H13NO2. The average Bonchev–Trinajstić information content (AvgIpc) is 2.95. The zero-order valence-corrected chi connectivity index (χ0v) is 9.12. The summed E-state index contributed by atoms with van der Waals surface area (Å²) in [5, 5.41) is 3.90. The molecular weight excluding hydrogens is 202 g/mol. The Bertz CT molecular complexity index is 552. The highest BCUT2D eigenvalue weighted by Crippen LogP contribution is 2.24. The van der Waals surface area contributed by atoms with Gasteiger partial charge in [0.2, 0.25) is 0 Å². The van der Waals surface area contributed by atoms with Crippen molar-refractivity contribution in [2.45, 2.75) is 25.8 Å². The molecule has 3 nitrogen and oxygen atoms in total. The van der Waals surface area contributed by atoms with Crippen LogP contribution >= 0.6 is 0 Å². The van der Waals surface area contributed by atoms with Crippen molar-refractivity contribution in [3.8, 4) is 0 Å². The van der Waals surface area contributed by atoms with E-state index in [4.69, 9.17) is 4.42 Å². The molecule has 1 aliphatic carbocycles. The maximum atomic E-state index is 11.8. The lowest BCUT2D eigenvalue weighted by atomic mass is 10.2. The molecule has 1 heterocycles. The van der Waals surface area contributed by atoms with E-state index in [1.807, 2.05) is 25.1 Å². The van der Waals surface area contributed by atoms with E-state index >= 15 is 0 Å². The Kier molecular flexibility index (Phi) is 1.99. The summed E-state index contributed by atoms with van der Waals surface area (Å²) in [6, 6.07) is 8.08. The molecule has 0 spiro atoms. The van der Waals surface area contributed by atoms with Crippen LogP contribution in [0, 0.1) is 6.92 Å². The molecule has 1 aliphatic rings. The maximum absolute atomic E-state index is 11.8. The fourth-order valence-corrected chi connectivity index (χ4v) is 1.80. The number of carbonyl (C=O) groups excluding carboxylic acids is 1. The van der Waals surface area contributed by atoms with Gasteiger partial charge >= 0.3 is 0 Å². The minimum Gasteiger partial charge on any atom is -0.451 e. The Morgan fingerprint density at radius 1 is 1.44 bits per heavy atom. The van der Waals surface area contributed by atoms with Crippen LogP contribution in [0.3, 0.4) is 0 Å². The summed E-state index contributed by atoms with van der Waals surface area (Å²) < 4.78 is 5.58. The molecule has 1 fully saturated rings. The van der Waals surface area contributed by atoms with Gasteiger partial charge in [0, 0.05) is 11.4 Å². The van der Waals surface area contributed by atoms with E-state index in [0.717, 1.165) is 29.4 Å². The largest absolute Gasteiger partial charge is 0.451 e. The molecule has 0 unspecified atom stereocenters. The zero-order chi connectivity index (χ0) is 11.1. The number of amides is 1. The van der Waals surface area contributed by atoms with E-state index in [0.29, 0.717) is 11.8 Å². The summed E-state index contributed by atoms with van der Waals surface area (Å²) in [5.74, 6) is 0.314. The lowest BCUT2D eigenvalue weighted by molar-refractivity contribution is 0.0925. The molecule has 3 heteroatoms. The number of furan rings is 1. The lowest BCUT2D eigenvalue weighted by Crippen LogP contribution is -2.24. The van der Waals surface area contributed by atoms with Crippen LogP contribution in [0.1, 0.15) is 29.0 Å². The molecule has 3 rings (SSSR count). The van der Waals surface area contributed by atoms with E-state index in [2.05, 4.69) is 5.32 Å². The molecule has 0 atom stereocenters. The fraction of sp³-hybridized carbons (Fsp3) is 0.308. The molecule has 0 aliphatic heterocycles. The Labute approximate surface area is 93.4 Å². The van der Waals surface area contributed by atoms with Crippen molar-refractivity contribution in [3.63, 3.8) is 0 Å². The summed E-state index contributed by atoms with van der Waals surface area (Å²) in [7, 11) is 0. The Morgan fingerprint density at radius 2 is 2.25 bits per heavy atom. The molecule has 1 aromatic heterocycles. The van der Waals surface area contributed by atoms with Crippen LogP contribution in [-0.2, 0) is 0 Å². The zero-order valence-electron chi connectivity index (χ0n) is 9.12. The van der Waals surface area contributed by atoms with Crippen molar-refractivity contribution in [1.82, 2.24) is 5.32 Å². The molecule has 0 saturated heterocycles. The second-order valence-corrected chi connectivity index (χ2v) is 4.35. The van der Waals surface area contributed by atoms with E-state index < -0.39 is 0 Å². The minimum atomic E-state index is -0.0990. The first-order valence-electron chi connectivity index (χ1n) is 5.54. The van der Waals surface area contributed by atoms with E-state index in [-0.39, 0.29) is 5.91 Å². The van der Waals surface area contributed by atoms with Crippen LogP contribution in [-0.4, -0.2) is 11.9 Å². The van der Waals surface area contributed by atoms with Gasteiger partial charge in [-0.1, -0.05) is 18.2 Å². The predicted molar refractivity (Wildman–Crippen MR) is 61.4 cm³/mol. The molecule has 0 bridgehead atoms. The summed E-state index contributed by atoms with van der Waals surface area (Å²) >= 11 is 0. The number of carbonyl (C=O) groups is 1. The first-order chi connectivity index (χ1) is 7.74. The lowest BCUT2D eigenvalue weighted by Gasteiger charge is -1.98. The van der Waals surface area contributed by atoms with Gasteiger partial charge < -0.3 is 9.73 Å². The van der Waals surface area contributed by atoms with E-state index in [9.17, 15) is 4.79 Å². The van der Waals surface area contributed by atoms with Crippen LogP contribution in [0.25, 0.3) is 11.0 Å². The molecule has 2 aromatic rings. The van der Waals surface area contributed by atoms with Gasteiger partial charge in [-0.25, -0.2) is 0 Å². The number of nitrogens with one attached hydrogen (secondary N) is 1. The van der Waals surface area contributed by atoms with Crippen molar-refractivity contribution < 1.29 is 9.21 Å². The summed E-state index contributed by atoms with van der Waals surface area (Å²) in [6.45, 7) is 1.98. The molecule has 1 saturated carbocycles. The van der Waals surface area contributed by atoms with Gasteiger partial charge in [0.05, 0.1) is 0 Å². The van der Waals surface area contributed by atoms with Crippen LogP contribution in [0.15, 0.2) is 28.7 Å². The number of para-hydroxylation sites is 1. The highest BCUT2D eigenvalue weighted by Gasteiger charge is 2.25. The topological polar surface area (TPSA) is 42.2 Å². The van der Waals surface area contributed by atoms with Gasteiger partial charge in [0.1, 0.15) is 5.58 Å². The quantitative estimate of drug-likeness (QED) is 0.836. The molecule has 82 valence electrons. The Balaban J connectivity index is 1.97. The third kappa shape index (κ3) is 1.58. The summed E-state index contributed by atoms with van der Waals surface area (Å²) in [6.07, 6.45) is 2.18. The number of hydrogen-bond acceptors (Lipinski definition) is 2. The Morgan fingerprint density at radius 3 is 2.94 bits per heavy atom. The number of aryl methyl sites for hydroxylation is 1. The first kappa shape index (κ1) is 9.46. The first-order valence-corrected chi connectivity index (χ1v) is 5.54. The van der Waals surface area contributed by atoms with Gasteiger partial charge in [0.15, 0.2) is 5.76 Å². The highest BCUT2D eigenvalue weighted by atomic mass is 16.3. The van der Waals surface area contributed by atoms with Gasteiger partial charge in [-0.05, 0) is 31.4 Å². The molecule has 0 radical (unpaired) electrons. The number of rotatable bonds is 2. The predicted octanol–water partition coefficient (Wildman–Crippen LogP) is 2.63. The Hall–Kier alpha value is -1.77. The third-order valence-electron chi connectivity index (χ3n) is 2.88. The van der Waals surface area contributed by atoms with Crippen LogP contribution in [0.4, 0.5) is 0 Å². The summed E-state index contributed by atoms with van der Waals surface area (Å²) in [5.41, 5.74) is 1.87. The van der Waals surface area contributed by atoms with Crippen molar-refractivity contribution in [2.24, 2.45) is 0 Å². The molecule has 1 aromatic carbocycles. The van der Waals surface area contributed by atoms with E-state index in [1.165, 1.54) is 0 Å². The number of hydrogen-bond donors (Lipinski definition) is 1. The van der Waals surface area contributed by atoms with Gasteiger partial charge in [-0.3, -0.25) is 4.79 Å². The number of fused-ring (bicyclic) bond motifs is 1. The molecule has 1 amide bonds. The normalized spacial score (nSPS) is 15.3. The smallest absolute Gasteiger partial charge is 0.287 e. The van der Waals surface area contributed by atoms with Crippen molar-refractivity contribution in [1.29, 1.82) is 0 Å². The van der Waals surface area contributed by atoms with E-state index in [1.54, 1.807) is 6.07 Å². The van der Waals surface area contributed by atoms with Crippen LogP contribution in [0.2, 0.25) is 0 Å². The second-order valence-electron chi connectivity index (χ2n) is 4.35. The van der Waals surface area contributed by atoms with Crippen LogP contribution < -0.4 is 5.32 Å². The highest BCUT2D eigenvalue weighted by molar-refractivity contribution is 5.96. The van der Waals surface area contributed by atoms with Crippen molar-refractivity contribution in [3.05, 3.63) is 35.6 Å². The number of benzene rings is 1. The second kappa shape index (κ2) is 3.37. The van der Waals surface area contributed by atoms with Gasteiger partial charge in [-0.15, -0.1) is 0 Å². The van der Waals surface area contributed by atoms with Crippen LogP contribution in [0.5, 0.6) is 0 Å². The fourth-order valence-electron chi connectivity index (χ4n) is 1.80. The monoisotopic (exact) mass is 215 g/mol. The van der Waals surface area contributed by atoms with Crippen molar-refractivity contribution in [2.75, 3.05) is 0 Å². The average molecular weight is 215 g/mol. The van der Waals surface area contributed by atoms with Crippen molar-refractivity contribution >= 4 is 16.9 Å². The maximum Gasteiger partial charge on any atom is 0.287 e. The third-order valence-corrected chi connectivity index (χ3v) is 2.88. The SMILES string of the molecule is Cc1cccc2cc(C(=O)NC3CC3)oc12.